The highest BCUT2D eigenvalue weighted by Gasteiger charge is 2.20. The van der Waals surface area contributed by atoms with Crippen molar-refractivity contribution in [1.82, 2.24) is 15.0 Å². The molecule has 1 amide bonds. The molecule has 3 N–H and O–H groups in total. The molecule has 0 aliphatic carbocycles. The van der Waals surface area contributed by atoms with Gasteiger partial charge in [0.1, 0.15) is 6.33 Å². The van der Waals surface area contributed by atoms with Crippen molar-refractivity contribution in [3.63, 3.8) is 0 Å². The highest BCUT2D eigenvalue weighted by molar-refractivity contribution is 8.00. The Morgan fingerprint density at radius 3 is 2.86 bits per heavy atom. The van der Waals surface area contributed by atoms with Crippen molar-refractivity contribution in [3.8, 4) is 0 Å². The van der Waals surface area contributed by atoms with Crippen molar-refractivity contribution < 1.29 is 4.79 Å². The molecule has 0 radical (unpaired) electrons. The topological polar surface area (TPSA) is 93.8 Å². The lowest BCUT2D eigenvalue weighted by Gasteiger charge is -2.14. The summed E-state index contributed by atoms with van der Waals surface area (Å²) in [4.78, 5) is 24.1. The minimum atomic E-state index is -0.332. The van der Waals surface area contributed by atoms with Gasteiger partial charge in [0.05, 0.1) is 5.25 Å². The summed E-state index contributed by atoms with van der Waals surface area (Å²) in [7, 11) is 0. The summed E-state index contributed by atoms with van der Waals surface area (Å²) in [6.45, 7) is 3.83. The predicted molar refractivity (Wildman–Crippen MR) is 89.0 cm³/mol. The molecule has 22 heavy (non-hydrogen) atoms. The zero-order valence-electron chi connectivity index (χ0n) is 12.2. The summed E-state index contributed by atoms with van der Waals surface area (Å²) in [5.74, 6) is 0.00415. The molecule has 0 fully saturated rings. The van der Waals surface area contributed by atoms with Gasteiger partial charge in [0.2, 0.25) is 11.9 Å². The number of benzene rings is 1. The van der Waals surface area contributed by atoms with Crippen LogP contribution in [0.4, 0.5) is 11.6 Å². The maximum Gasteiger partial charge on any atom is 0.237 e. The maximum absolute atomic E-state index is 12.4. The number of nitrogens with one attached hydrogen (secondary N) is 1. The first-order valence-electron chi connectivity index (χ1n) is 6.67. The minimum absolute atomic E-state index is 0.133. The van der Waals surface area contributed by atoms with E-state index in [0.29, 0.717) is 22.3 Å². The van der Waals surface area contributed by atoms with Crippen LogP contribution in [0.3, 0.4) is 0 Å². The van der Waals surface area contributed by atoms with E-state index in [1.807, 2.05) is 26.0 Å². The molecule has 1 aromatic heterocycles. The molecule has 6 nitrogen and oxygen atoms in total. The predicted octanol–water partition coefficient (Wildman–Crippen LogP) is 2.93. The second-order valence-electron chi connectivity index (χ2n) is 4.59. The number of aromatic nitrogens is 3. The molecule has 0 bridgehead atoms. The molecule has 2 rings (SSSR count). The molecule has 0 saturated heterocycles. The number of halogens is 1. The van der Waals surface area contributed by atoms with E-state index in [2.05, 4.69) is 20.3 Å². The Kier molecular flexibility index (Phi) is 5.57. The average molecular weight is 338 g/mol. The third-order valence-corrected chi connectivity index (χ3v) is 4.57. The normalized spacial score (nSPS) is 12.0. The van der Waals surface area contributed by atoms with Gasteiger partial charge in [-0.3, -0.25) is 4.79 Å². The SMILES string of the molecule is CCC(Sc1ncnc(N)n1)C(=O)Nc1ccc(C)c(Cl)c1. The minimum Gasteiger partial charge on any atom is -0.368 e. The van der Waals surface area contributed by atoms with Crippen LogP contribution in [0.2, 0.25) is 5.02 Å². The van der Waals surface area contributed by atoms with E-state index in [0.717, 1.165) is 5.56 Å². The number of carbonyl (C=O) groups excluding carboxylic acids is 1. The number of amides is 1. The fourth-order valence-corrected chi connectivity index (χ4v) is 2.71. The van der Waals surface area contributed by atoms with Gasteiger partial charge >= 0.3 is 0 Å². The van der Waals surface area contributed by atoms with Gasteiger partial charge in [0.25, 0.3) is 0 Å². The second kappa shape index (κ2) is 7.42. The van der Waals surface area contributed by atoms with Crippen molar-refractivity contribution >= 4 is 40.9 Å². The van der Waals surface area contributed by atoms with Gasteiger partial charge in [-0.25, -0.2) is 9.97 Å². The third-order valence-electron chi connectivity index (χ3n) is 2.92. The lowest BCUT2D eigenvalue weighted by molar-refractivity contribution is -0.115. The van der Waals surface area contributed by atoms with Crippen LogP contribution in [0.1, 0.15) is 18.9 Å². The number of anilines is 2. The van der Waals surface area contributed by atoms with Crippen LogP contribution in [0.15, 0.2) is 29.7 Å². The fraction of sp³-hybridized carbons (Fsp3) is 0.286. The molecule has 2 aromatic rings. The summed E-state index contributed by atoms with van der Waals surface area (Å²) in [6.07, 6.45) is 1.96. The summed E-state index contributed by atoms with van der Waals surface area (Å²) in [6, 6.07) is 5.41. The molecule has 0 saturated carbocycles. The smallest absolute Gasteiger partial charge is 0.237 e. The number of hydrogen-bond donors (Lipinski definition) is 2. The number of thioether (sulfide) groups is 1. The molecule has 1 atom stereocenters. The van der Waals surface area contributed by atoms with Crippen LogP contribution in [0, 0.1) is 6.92 Å². The van der Waals surface area contributed by atoms with Crippen molar-refractivity contribution in [2.24, 2.45) is 0 Å². The van der Waals surface area contributed by atoms with Crippen LogP contribution >= 0.6 is 23.4 Å². The van der Waals surface area contributed by atoms with Crippen LogP contribution < -0.4 is 11.1 Å². The van der Waals surface area contributed by atoms with Crippen molar-refractivity contribution in [1.29, 1.82) is 0 Å². The molecule has 116 valence electrons. The van der Waals surface area contributed by atoms with Gasteiger partial charge in [-0.2, -0.15) is 4.98 Å². The molecule has 0 spiro atoms. The second-order valence-corrected chi connectivity index (χ2v) is 6.17. The molecule has 1 unspecified atom stereocenters. The van der Waals surface area contributed by atoms with E-state index in [1.165, 1.54) is 18.1 Å². The first-order chi connectivity index (χ1) is 10.5. The van der Waals surface area contributed by atoms with Crippen LogP contribution in [-0.4, -0.2) is 26.1 Å². The standard InChI is InChI=1S/C14H16ClN5OS/c1-3-11(22-14-18-7-17-13(16)20-14)12(21)19-9-5-4-8(2)10(15)6-9/h4-7,11H,3H2,1-2H3,(H,19,21)(H2,16,17,18,20). The Labute approximate surface area is 137 Å². The number of hydrogen-bond acceptors (Lipinski definition) is 6. The fourth-order valence-electron chi connectivity index (χ4n) is 1.69. The maximum atomic E-state index is 12.4. The zero-order valence-corrected chi connectivity index (χ0v) is 13.8. The first-order valence-corrected chi connectivity index (χ1v) is 7.93. The lowest BCUT2D eigenvalue weighted by atomic mass is 10.2. The largest absolute Gasteiger partial charge is 0.368 e. The van der Waals surface area contributed by atoms with Crippen LogP contribution in [-0.2, 0) is 4.79 Å². The summed E-state index contributed by atoms with van der Waals surface area (Å²) in [5, 5.41) is 3.56. The highest BCUT2D eigenvalue weighted by Crippen LogP contribution is 2.25. The van der Waals surface area contributed by atoms with Gasteiger partial charge in [0.15, 0.2) is 5.16 Å². The van der Waals surface area contributed by atoms with E-state index < -0.39 is 0 Å². The van der Waals surface area contributed by atoms with Gasteiger partial charge in [0, 0.05) is 10.7 Å². The monoisotopic (exact) mass is 337 g/mol. The van der Waals surface area contributed by atoms with E-state index in [9.17, 15) is 4.79 Å². The van der Waals surface area contributed by atoms with Crippen LogP contribution in [0.25, 0.3) is 0 Å². The van der Waals surface area contributed by atoms with Crippen molar-refractivity contribution in [2.75, 3.05) is 11.1 Å². The number of rotatable bonds is 5. The Morgan fingerprint density at radius 1 is 1.45 bits per heavy atom. The lowest BCUT2D eigenvalue weighted by Crippen LogP contribution is -2.25. The highest BCUT2D eigenvalue weighted by atomic mass is 35.5. The van der Waals surface area contributed by atoms with E-state index in [-0.39, 0.29) is 17.1 Å². The first kappa shape index (κ1) is 16.5. The molecule has 0 aliphatic rings. The quantitative estimate of drug-likeness (QED) is 0.815. The van der Waals surface area contributed by atoms with Gasteiger partial charge in [-0.1, -0.05) is 36.4 Å². The molecular weight excluding hydrogens is 322 g/mol. The van der Waals surface area contributed by atoms with E-state index >= 15 is 0 Å². The Balaban J connectivity index is 2.06. The van der Waals surface area contributed by atoms with E-state index in [1.54, 1.807) is 6.07 Å². The summed E-state index contributed by atoms with van der Waals surface area (Å²) >= 11 is 7.31. The Bertz CT molecular complexity index is 682. The number of aryl methyl sites for hydroxylation is 1. The van der Waals surface area contributed by atoms with Gasteiger partial charge in [-0.05, 0) is 31.0 Å². The number of nitrogens with two attached hydrogens (primary N) is 1. The zero-order chi connectivity index (χ0) is 16.1. The number of nitrogens with zero attached hydrogens (tertiary/aromatic N) is 3. The summed E-state index contributed by atoms with van der Waals surface area (Å²) in [5.41, 5.74) is 7.14. The Hall–Kier alpha value is -1.86. The molecule has 1 aromatic carbocycles. The molecule has 8 heteroatoms. The van der Waals surface area contributed by atoms with Crippen molar-refractivity contribution in [3.05, 3.63) is 35.1 Å². The van der Waals surface area contributed by atoms with E-state index in [4.69, 9.17) is 17.3 Å². The molecular formula is C14H16ClN5OS. The van der Waals surface area contributed by atoms with Gasteiger partial charge < -0.3 is 11.1 Å². The molecule has 0 aliphatic heterocycles. The van der Waals surface area contributed by atoms with Crippen molar-refractivity contribution in [2.45, 2.75) is 30.7 Å². The van der Waals surface area contributed by atoms with Gasteiger partial charge in [-0.15, -0.1) is 0 Å². The average Bonchev–Trinajstić information content (AvgIpc) is 2.48. The molecule has 1 heterocycles. The van der Waals surface area contributed by atoms with Crippen LogP contribution in [0.5, 0.6) is 0 Å². The summed E-state index contributed by atoms with van der Waals surface area (Å²) < 4.78 is 0. The third kappa shape index (κ3) is 4.32. The number of carbonyl (C=O) groups is 1. The Morgan fingerprint density at radius 2 is 2.23 bits per heavy atom. The number of nitrogen functional groups attached to an aromatic ring is 1.